The van der Waals surface area contributed by atoms with Gasteiger partial charge in [-0.15, -0.1) is 10.2 Å². The van der Waals surface area contributed by atoms with E-state index in [0.29, 0.717) is 41.1 Å². The number of pyridine rings is 1. The van der Waals surface area contributed by atoms with Gasteiger partial charge in [-0.25, -0.2) is 4.98 Å². The molecule has 1 N–H and O–H groups in total. The van der Waals surface area contributed by atoms with Crippen LogP contribution in [0, 0.1) is 6.92 Å². The van der Waals surface area contributed by atoms with Gasteiger partial charge in [-0.05, 0) is 43.7 Å². The van der Waals surface area contributed by atoms with E-state index in [1.165, 1.54) is 6.20 Å². The number of hydrogen-bond acceptors (Lipinski definition) is 8. The molecule has 1 aliphatic rings. The van der Waals surface area contributed by atoms with Crippen LogP contribution < -0.4 is 9.47 Å². The van der Waals surface area contributed by atoms with Gasteiger partial charge in [0.05, 0.1) is 12.2 Å². The standard InChI is InChI=1S/C26H26ClN5O5/c1-15(14-34-3)35-19-9-17(22-5-6-23(29-22)25-31-30-16(2)36-25)10-20(12-19)37-24-21(27)11-18(13-28-24)26(33)32-7-4-8-32/h5-6,9-13,15,29H,4,7-8,14H2,1-3H3/t15-/m0/s1. The number of halogens is 1. The Bertz CT molecular complexity index is 1410. The van der Waals surface area contributed by atoms with E-state index in [9.17, 15) is 4.79 Å². The van der Waals surface area contributed by atoms with Crippen molar-refractivity contribution in [3.63, 3.8) is 0 Å². The van der Waals surface area contributed by atoms with E-state index in [0.717, 1.165) is 30.8 Å². The Balaban J connectivity index is 1.44. The van der Waals surface area contributed by atoms with Gasteiger partial charge in [0, 0.05) is 50.6 Å². The van der Waals surface area contributed by atoms with Crippen molar-refractivity contribution in [3.05, 3.63) is 59.1 Å². The third-order valence-electron chi connectivity index (χ3n) is 5.78. The fraction of sp³-hybridized carbons (Fsp3) is 0.308. The number of nitrogens with one attached hydrogen (secondary N) is 1. The number of H-pyrrole nitrogens is 1. The SMILES string of the molecule is COC[C@H](C)Oc1cc(Oc2ncc(C(=O)N3CCC3)cc2Cl)cc(-c2ccc(-c3nnc(C)o3)[nH]2)c1. The van der Waals surface area contributed by atoms with E-state index in [2.05, 4.69) is 20.2 Å². The maximum atomic E-state index is 12.5. The Labute approximate surface area is 218 Å². The second-order valence-corrected chi connectivity index (χ2v) is 9.15. The van der Waals surface area contributed by atoms with Gasteiger partial charge in [0.1, 0.15) is 28.3 Å². The summed E-state index contributed by atoms with van der Waals surface area (Å²) >= 11 is 6.45. The lowest BCUT2D eigenvalue weighted by Crippen LogP contribution is -2.42. The zero-order valence-corrected chi connectivity index (χ0v) is 21.4. The summed E-state index contributed by atoms with van der Waals surface area (Å²) in [5.74, 6) is 2.00. The normalized spacial score (nSPS) is 13.8. The minimum atomic E-state index is -0.192. The van der Waals surface area contributed by atoms with Crippen LogP contribution in [0.15, 0.2) is 47.0 Å². The van der Waals surface area contributed by atoms with Gasteiger partial charge in [0.2, 0.25) is 11.8 Å². The summed E-state index contributed by atoms with van der Waals surface area (Å²) < 4.78 is 22.8. The molecule has 3 aromatic heterocycles. The molecule has 1 amide bonds. The number of carbonyl (C=O) groups excluding carboxylic acids is 1. The van der Waals surface area contributed by atoms with Crippen LogP contribution in [-0.4, -0.2) is 63.9 Å². The highest BCUT2D eigenvalue weighted by molar-refractivity contribution is 6.32. The smallest absolute Gasteiger partial charge is 0.264 e. The van der Waals surface area contributed by atoms with Gasteiger partial charge < -0.3 is 28.5 Å². The minimum absolute atomic E-state index is 0.0870. The van der Waals surface area contributed by atoms with Gasteiger partial charge in [-0.3, -0.25) is 4.79 Å². The molecule has 1 atom stereocenters. The summed E-state index contributed by atoms with van der Waals surface area (Å²) in [6.07, 6.45) is 2.30. The Kier molecular flexibility index (Phi) is 7.11. The number of nitrogens with zero attached hydrogens (tertiary/aromatic N) is 4. The molecular formula is C26H26ClN5O5. The second-order valence-electron chi connectivity index (χ2n) is 8.75. The highest BCUT2D eigenvalue weighted by atomic mass is 35.5. The summed E-state index contributed by atoms with van der Waals surface area (Å²) in [5, 5.41) is 8.18. The van der Waals surface area contributed by atoms with E-state index in [1.54, 1.807) is 31.1 Å². The van der Waals surface area contributed by atoms with E-state index in [1.807, 2.05) is 31.2 Å². The number of aryl methyl sites for hydroxylation is 1. The molecule has 0 spiro atoms. The molecule has 192 valence electrons. The first-order valence-electron chi connectivity index (χ1n) is 11.8. The van der Waals surface area contributed by atoms with Crippen molar-refractivity contribution in [3.8, 4) is 40.2 Å². The van der Waals surface area contributed by atoms with E-state index >= 15 is 0 Å². The third kappa shape index (κ3) is 5.60. The summed E-state index contributed by atoms with van der Waals surface area (Å²) in [6, 6.07) is 10.8. The molecule has 1 fully saturated rings. The number of methoxy groups -OCH3 is 1. The first kappa shape index (κ1) is 24.8. The highest BCUT2D eigenvalue weighted by Gasteiger charge is 2.23. The van der Waals surface area contributed by atoms with Crippen molar-refractivity contribution in [2.24, 2.45) is 0 Å². The second kappa shape index (κ2) is 10.6. The number of likely N-dealkylation sites (tertiary alicyclic amines) is 1. The number of aromatic amines is 1. The molecule has 0 saturated carbocycles. The van der Waals surface area contributed by atoms with E-state index < -0.39 is 0 Å². The van der Waals surface area contributed by atoms with Crippen LogP contribution in [0.4, 0.5) is 0 Å². The minimum Gasteiger partial charge on any atom is -0.488 e. The Morgan fingerprint density at radius 2 is 1.95 bits per heavy atom. The van der Waals surface area contributed by atoms with E-state index in [-0.39, 0.29) is 22.9 Å². The number of hydrogen-bond donors (Lipinski definition) is 1. The van der Waals surface area contributed by atoms with Crippen LogP contribution in [0.3, 0.4) is 0 Å². The summed E-state index contributed by atoms with van der Waals surface area (Å²) in [5.41, 5.74) is 2.69. The van der Waals surface area contributed by atoms with Crippen molar-refractivity contribution in [1.82, 2.24) is 25.1 Å². The molecule has 0 unspecified atom stereocenters. The largest absolute Gasteiger partial charge is 0.488 e. The van der Waals surface area contributed by atoms with Crippen LogP contribution in [0.1, 0.15) is 29.6 Å². The van der Waals surface area contributed by atoms with Crippen molar-refractivity contribution < 1.29 is 23.4 Å². The van der Waals surface area contributed by atoms with Crippen LogP contribution >= 0.6 is 11.6 Å². The van der Waals surface area contributed by atoms with Crippen LogP contribution in [0.25, 0.3) is 22.8 Å². The Morgan fingerprint density at radius 3 is 2.62 bits per heavy atom. The molecule has 4 heterocycles. The molecule has 37 heavy (non-hydrogen) atoms. The summed E-state index contributed by atoms with van der Waals surface area (Å²) in [7, 11) is 1.62. The molecule has 1 aromatic carbocycles. The van der Waals surface area contributed by atoms with Gasteiger partial charge in [-0.2, -0.15) is 0 Å². The molecule has 0 radical (unpaired) electrons. The van der Waals surface area contributed by atoms with Gasteiger partial charge >= 0.3 is 0 Å². The first-order valence-corrected chi connectivity index (χ1v) is 12.2. The van der Waals surface area contributed by atoms with E-state index in [4.69, 9.17) is 30.2 Å². The molecule has 1 saturated heterocycles. The van der Waals surface area contributed by atoms with Crippen molar-refractivity contribution in [2.45, 2.75) is 26.4 Å². The molecule has 10 nitrogen and oxygen atoms in total. The maximum absolute atomic E-state index is 12.5. The number of amides is 1. The van der Waals surface area contributed by atoms with Crippen LogP contribution in [0.5, 0.6) is 17.4 Å². The molecule has 1 aliphatic heterocycles. The molecule has 0 bridgehead atoms. The average Bonchev–Trinajstić information content (AvgIpc) is 3.48. The maximum Gasteiger partial charge on any atom is 0.264 e. The third-order valence-corrected chi connectivity index (χ3v) is 6.06. The zero-order valence-electron chi connectivity index (χ0n) is 20.7. The lowest BCUT2D eigenvalue weighted by atomic mass is 10.1. The molecule has 11 heteroatoms. The lowest BCUT2D eigenvalue weighted by molar-refractivity contribution is 0.0651. The summed E-state index contributed by atoms with van der Waals surface area (Å²) in [6.45, 7) is 5.56. The number of ether oxygens (including phenoxy) is 3. The molecule has 4 aromatic rings. The lowest BCUT2D eigenvalue weighted by Gasteiger charge is -2.30. The van der Waals surface area contributed by atoms with Crippen LogP contribution in [0.2, 0.25) is 5.02 Å². The zero-order chi connectivity index (χ0) is 25.9. The van der Waals surface area contributed by atoms with Crippen LogP contribution in [-0.2, 0) is 4.74 Å². The number of benzene rings is 1. The monoisotopic (exact) mass is 523 g/mol. The average molecular weight is 524 g/mol. The fourth-order valence-corrected chi connectivity index (χ4v) is 4.08. The fourth-order valence-electron chi connectivity index (χ4n) is 3.88. The van der Waals surface area contributed by atoms with Gasteiger partial charge in [0.25, 0.3) is 11.8 Å². The van der Waals surface area contributed by atoms with Crippen molar-refractivity contribution >= 4 is 17.5 Å². The first-order chi connectivity index (χ1) is 17.9. The Morgan fingerprint density at radius 1 is 1.16 bits per heavy atom. The number of aromatic nitrogens is 4. The highest BCUT2D eigenvalue weighted by Crippen LogP contribution is 2.35. The predicted octanol–water partition coefficient (Wildman–Crippen LogP) is 5.14. The van der Waals surface area contributed by atoms with Crippen molar-refractivity contribution in [2.75, 3.05) is 26.8 Å². The molecule has 0 aliphatic carbocycles. The molecule has 5 rings (SSSR count). The van der Waals surface area contributed by atoms with Crippen molar-refractivity contribution in [1.29, 1.82) is 0 Å². The van der Waals surface area contributed by atoms with Gasteiger partial charge in [-0.1, -0.05) is 11.6 Å². The predicted molar refractivity (Wildman–Crippen MR) is 136 cm³/mol. The quantitative estimate of drug-likeness (QED) is 0.320. The number of carbonyl (C=O) groups is 1. The summed E-state index contributed by atoms with van der Waals surface area (Å²) in [4.78, 5) is 21.8. The van der Waals surface area contributed by atoms with Gasteiger partial charge in [0.15, 0.2) is 0 Å². The number of rotatable bonds is 9. The topological polar surface area (TPSA) is 116 Å². The Hall–Kier alpha value is -3.89. The molecular weight excluding hydrogens is 498 g/mol.